The maximum absolute atomic E-state index is 4.17. The van der Waals surface area contributed by atoms with Crippen molar-refractivity contribution in [1.82, 2.24) is 0 Å². The molecule has 0 aromatic rings. The van der Waals surface area contributed by atoms with Crippen molar-refractivity contribution in [3.8, 4) is 0 Å². The van der Waals surface area contributed by atoms with E-state index in [1.807, 2.05) is 0 Å². The maximum atomic E-state index is 4.17. The van der Waals surface area contributed by atoms with Crippen LogP contribution in [0.4, 0.5) is 0 Å². The maximum Gasteiger partial charge on any atom is 0.103 e. The van der Waals surface area contributed by atoms with Crippen molar-refractivity contribution in [1.29, 1.82) is 0 Å². The van der Waals surface area contributed by atoms with Crippen molar-refractivity contribution in [2.24, 2.45) is 4.99 Å². The largest absolute Gasteiger partial charge is 0.278 e. The van der Waals surface area contributed by atoms with Gasteiger partial charge in [0.25, 0.3) is 0 Å². The Labute approximate surface area is 37.1 Å². The molecule has 0 bridgehead atoms. The molecule has 0 aromatic heterocycles. The average molecular weight is 81.1 g/mol. The predicted molar refractivity (Wildman–Crippen MR) is 25.1 cm³/mol. The fourth-order valence-corrected chi connectivity index (χ4v) is 0.859. The highest BCUT2D eigenvalue weighted by molar-refractivity contribution is 6.21. The zero-order chi connectivity index (χ0) is 4.20. The minimum absolute atomic E-state index is 0.500. The highest BCUT2D eigenvalue weighted by Gasteiger charge is 2.61. The molecule has 1 heteroatoms. The molecule has 0 spiro atoms. The Balaban J connectivity index is 2.18. The van der Waals surface area contributed by atoms with E-state index in [4.69, 9.17) is 0 Å². The predicted octanol–water partition coefficient (Wildman–Crippen LogP) is 0.994. The quantitative estimate of drug-likeness (QED) is 0.446. The topological polar surface area (TPSA) is 12.4 Å². The second-order valence-corrected chi connectivity index (χ2v) is 2.12. The second-order valence-electron chi connectivity index (χ2n) is 2.12. The van der Waals surface area contributed by atoms with Crippen molar-refractivity contribution in [2.45, 2.75) is 25.3 Å². The van der Waals surface area contributed by atoms with E-state index in [-0.39, 0.29) is 0 Å². The Bertz CT molecular complexity index is 126. The van der Waals surface area contributed by atoms with E-state index in [2.05, 4.69) is 11.9 Å². The van der Waals surface area contributed by atoms with Gasteiger partial charge in [-0.2, -0.15) is 0 Å². The number of hydrogen-bond donors (Lipinski definition) is 0. The summed E-state index contributed by atoms with van der Waals surface area (Å²) in [5, 5.41) is 0. The van der Waals surface area contributed by atoms with Crippen LogP contribution < -0.4 is 0 Å². The first-order valence-electron chi connectivity index (χ1n) is 2.46. The summed E-state index contributed by atoms with van der Waals surface area (Å²) in [5.74, 6) is 0. The smallest absolute Gasteiger partial charge is 0.103 e. The Morgan fingerprint density at radius 3 is 2.50 bits per heavy atom. The molecule has 1 nitrogen and oxygen atoms in total. The van der Waals surface area contributed by atoms with Gasteiger partial charge in [-0.3, -0.25) is 4.99 Å². The van der Waals surface area contributed by atoms with Gasteiger partial charge in [-0.25, -0.2) is 0 Å². The van der Waals surface area contributed by atoms with Crippen LogP contribution in [0.5, 0.6) is 0 Å². The van der Waals surface area contributed by atoms with Gasteiger partial charge in [0.1, 0.15) is 5.54 Å². The highest BCUT2D eigenvalue weighted by Crippen LogP contribution is 2.52. The van der Waals surface area contributed by atoms with E-state index >= 15 is 0 Å². The number of aliphatic imine (C=N–C) groups is 1. The Hall–Kier alpha value is -0.330. The van der Waals surface area contributed by atoms with Crippen LogP contribution in [0.15, 0.2) is 4.99 Å². The van der Waals surface area contributed by atoms with E-state index in [1.54, 1.807) is 0 Å². The lowest BCUT2D eigenvalue weighted by Gasteiger charge is -1.85. The molecule has 1 aliphatic carbocycles. The van der Waals surface area contributed by atoms with E-state index < -0.39 is 0 Å². The Kier molecular flexibility index (Phi) is 0.214. The molecule has 1 aliphatic heterocycles. The third kappa shape index (κ3) is 0.122. The van der Waals surface area contributed by atoms with Gasteiger partial charge in [0.05, 0.1) is 0 Å². The molecule has 0 saturated heterocycles. The molecular formula is C5H7N. The van der Waals surface area contributed by atoms with Crippen LogP contribution in [0.25, 0.3) is 0 Å². The molecule has 1 saturated carbocycles. The lowest BCUT2D eigenvalue weighted by molar-refractivity contribution is 0.739. The van der Waals surface area contributed by atoms with Gasteiger partial charge in [-0.05, 0) is 6.42 Å². The molecule has 2 aliphatic rings. The molecular weight excluding hydrogens is 74.1 g/mol. The summed E-state index contributed by atoms with van der Waals surface area (Å²) < 4.78 is 0. The fourth-order valence-electron chi connectivity index (χ4n) is 0.859. The molecule has 1 fully saturated rings. The van der Waals surface area contributed by atoms with Crippen LogP contribution in [0, 0.1) is 0 Å². The fraction of sp³-hybridized carbons (Fsp3) is 0.800. The molecule has 1 atom stereocenters. The van der Waals surface area contributed by atoms with Gasteiger partial charge < -0.3 is 0 Å². The van der Waals surface area contributed by atoms with Crippen molar-refractivity contribution >= 4 is 5.71 Å². The SMILES string of the molecule is CCC12CC1=N2. The zero-order valence-electron chi connectivity index (χ0n) is 3.86. The van der Waals surface area contributed by atoms with Crippen LogP contribution in [0.3, 0.4) is 0 Å². The van der Waals surface area contributed by atoms with E-state index in [9.17, 15) is 0 Å². The molecule has 6 heavy (non-hydrogen) atoms. The second kappa shape index (κ2) is 0.462. The third-order valence-electron chi connectivity index (χ3n) is 1.76. The van der Waals surface area contributed by atoms with Crippen molar-refractivity contribution < 1.29 is 0 Å². The first-order valence-corrected chi connectivity index (χ1v) is 2.46. The monoisotopic (exact) mass is 81.1 g/mol. The van der Waals surface area contributed by atoms with Crippen molar-refractivity contribution in [3.05, 3.63) is 0 Å². The highest BCUT2D eigenvalue weighted by atomic mass is 15.1. The van der Waals surface area contributed by atoms with Crippen LogP contribution >= 0.6 is 0 Å². The number of rotatable bonds is 1. The van der Waals surface area contributed by atoms with Crippen molar-refractivity contribution in [2.75, 3.05) is 0 Å². The third-order valence-corrected chi connectivity index (χ3v) is 1.76. The van der Waals surface area contributed by atoms with Crippen molar-refractivity contribution in [3.63, 3.8) is 0 Å². The summed E-state index contributed by atoms with van der Waals surface area (Å²) in [5.41, 5.74) is 1.98. The van der Waals surface area contributed by atoms with Gasteiger partial charge in [-0.15, -0.1) is 0 Å². The molecule has 0 amide bonds. The number of fused-ring (bicyclic) bond motifs is 1. The summed E-state index contributed by atoms with van der Waals surface area (Å²) in [6, 6.07) is 0. The van der Waals surface area contributed by atoms with Gasteiger partial charge >= 0.3 is 0 Å². The van der Waals surface area contributed by atoms with Crippen LogP contribution in [-0.4, -0.2) is 11.3 Å². The molecule has 2 rings (SSSR count). The standard InChI is InChI=1S/C5H7N/c1-2-5-3-4(5)6-5/h2-3H2,1H3. The van der Waals surface area contributed by atoms with Gasteiger partial charge in [-0.1, -0.05) is 6.92 Å². The lowest BCUT2D eigenvalue weighted by atomic mass is 10.3. The summed E-state index contributed by atoms with van der Waals surface area (Å²) in [4.78, 5) is 4.17. The Morgan fingerprint density at radius 1 is 2.00 bits per heavy atom. The molecule has 0 aromatic carbocycles. The first kappa shape index (κ1) is 2.78. The average Bonchev–Trinajstić information content (AvgIpc) is 2.12. The first-order chi connectivity index (χ1) is 2.87. The van der Waals surface area contributed by atoms with Crippen LogP contribution in [-0.2, 0) is 0 Å². The molecule has 0 radical (unpaired) electrons. The molecule has 1 unspecified atom stereocenters. The van der Waals surface area contributed by atoms with Gasteiger partial charge in [0.15, 0.2) is 0 Å². The van der Waals surface area contributed by atoms with Gasteiger partial charge in [0.2, 0.25) is 0 Å². The zero-order valence-corrected chi connectivity index (χ0v) is 3.86. The minimum Gasteiger partial charge on any atom is -0.278 e. The minimum atomic E-state index is 0.500. The number of hydrogen-bond acceptors (Lipinski definition) is 1. The summed E-state index contributed by atoms with van der Waals surface area (Å²) in [6.45, 7) is 2.20. The van der Waals surface area contributed by atoms with Crippen LogP contribution in [0.2, 0.25) is 0 Å². The number of nitrogens with zero attached hydrogens (tertiary/aromatic N) is 1. The van der Waals surface area contributed by atoms with Gasteiger partial charge in [0, 0.05) is 12.1 Å². The van der Waals surface area contributed by atoms with E-state index in [1.165, 1.54) is 18.6 Å². The lowest BCUT2D eigenvalue weighted by Crippen LogP contribution is -1.87. The normalized spacial score (nSPS) is 47.2. The van der Waals surface area contributed by atoms with E-state index in [0.717, 1.165) is 0 Å². The van der Waals surface area contributed by atoms with Crippen LogP contribution in [0.1, 0.15) is 19.8 Å². The molecule has 32 valence electrons. The summed E-state index contributed by atoms with van der Waals surface area (Å²) in [7, 11) is 0. The summed E-state index contributed by atoms with van der Waals surface area (Å²) >= 11 is 0. The molecule has 1 heterocycles. The Morgan fingerprint density at radius 2 is 2.50 bits per heavy atom. The van der Waals surface area contributed by atoms with E-state index in [0.29, 0.717) is 5.54 Å². The molecule has 0 N–H and O–H groups in total. The summed E-state index contributed by atoms with van der Waals surface area (Å²) in [6.07, 6.45) is 2.58.